The molecule has 1 N–H and O–H groups in total. The summed E-state index contributed by atoms with van der Waals surface area (Å²) in [4.78, 5) is 15.3. The number of aromatic nitrogens is 1. The number of pyridine rings is 1. The molecule has 0 aliphatic heterocycles. The van der Waals surface area contributed by atoms with E-state index in [1.807, 2.05) is 37.3 Å². The molecule has 1 heterocycles. The molecule has 1 saturated carbocycles. The number of carbonyl (C=O) groups excluding carboxylic acids is 1. The molecular formula is C21H23ClN2O2. The van der Waals surface area contributed by atoms with Crippen molar-refractivity contribution in [1.29, 1.82) is 0 Å². The van der Waals surface area contributed by atoms with Crippen molar-refractivity contribution < 1.29 is 9.53 Å². The van der Waals surface area contributed by atoms with Crippen molar-refractivity contribution in [1.82, 2.24) is 10.3 Å². The fourth-order valence-corrected chi connectivity index (χ4v) is 2.94. The first-order valence-electron chi connectivity index (χ1n) is 8.75. The minimum absolute atomic E-state index is 0.0333. The van der Waals surface area contributed by atoms with Crippen LogP contribution in [0.5, 0.6) is 11.6 Å². The lowest BCUT2D eigenvalue weighted by Gasteiger charge is -2.12. The summed E-state index contributed by atoms with van der Waals surface area (Å²) in [6, 6.07) is 9.65. The summed E-state index contributed by atoms with van der Waals surface area (Å²) in [7, 11) is 0. The number of rotatable bonds is 6. The van der Waals surface area contributed by atoms with Crippen LogP contribution in [-0.4, -0.2) is 16.9 Å². The van der Waals surface area contributed by atoms with E-state index in [4.69, 9.17) is 16.3 Å². The number of hydrogen-bond acceptors (Lipinski definition) is 3. The summed E-state index contributed by atoms with van der Waals surface area (Å²) < 4.78 is 5.81. The number of nitrogens with zero attached hydrogens (tertiary/aromatic N) is 1. The third kappa shape index (κ3) is 4.64. The maximum atomic E-state index is 11.0. The SMILES string of the molecule is CC(=O)N[C@@H](C)/C=C/c1ccc(Oc2ccc(C3(C)CC3)cc2Cl)nc1. The highest BCUT2D eigenvalue weighted by Crippen LogP contribution is 2.48. The molecule has 0 bridgehead atoms. The second-order valence-electron chi connectivity index (χ2n) is 7.09. The molecule has 1 aromatic carbocycles. The van der Waals surface area contributed by atoms with Gasteiger partial charge in [0.1, 0.15) is 5.75 Å². The summed E-state index contributed by atoms with van der Waals surface area (Å²) in [5, 5.41) is 3.40. The number of nitrogens with one attached hydrogen (secondary N) is 1. The number of amides is 1. The fourth-order valence-electron chi connectivity index (χ4n) is 2.72. The molecule has 1 aliphatic carbocycles. The number of carbonyl (C=O) groups is 1. The van der Waals surface area contributed by atoms with E-state index in [-0.39, 0.29) is 17.4 Å². The molecule has 136 valence electrons. The quantitative estimate of drug-likeness (QED) is 0.768. The lowest BCUT2D eigenvalue weighted by Crippen LogP contribution is -2.28. The first-order chi connectivity index (χ1) is 12.4. The van der Waals surface area contributed by atoms with Gasteiger partial charge in [0.25, 0.3) is 0 Å². The van der Waals surface area contributed by atoms with Crippen LogP contribution < -0.4 is 10.1 Å². The number of ether oxygens (including phenoxy) is 1. The molecule has 1 fully saturated rings. The summed E-state index contributed by atoms with van der Waals surface area (Å²) in [5.41, 5.74) is 2.47. The van der Waals surface area contributed by atoms with Crippen molar-refractivity contribution in [2.75, 3.05) is 0 Å². The molecule has 1 aliphatic rings. The van der Waals surface area contributed by atoms with Crippen LogP contribution in [0.4, 0.5) is 0 Å². The minimum atomic E-state index is -0.0531. The van der Waals surface area contributed by atoms with Crippen LogP contribution in [0.3, 0.4) is 0 Å². The van der Waals surface area contributed by atoms with Gasteiger partial charge in [0.2, 0.25) is 11.8 Å². The highest BCUT2D eigenvalue weighted by molar-refractivity contribution is 6.32. The van der Waals surface area contributed by atoms with Crippen molar-refractivity contribution in [2.24, 2.45) is 0 Å². The van der Waals surface area contributed by atoms with Gasteiger partial charge in [-0.15, -0.1) is 0 Å². The molecule has 1 aromatic heterocycles. The molecule has 5 heteroatoms. The van der Waals surface area contributed by atoms with Gasteiger partial charge in [-0.25, -0.2) is 4.98 Å². The van der Waals surface area contributed by atoms with Crippen LogP contribution in [0.25, 0.3) is 6.08 Å². The second kappa shape index (κ2) is 7.50. The monoisotopic (exact) mass is 370 g/mol. The average molecular weight is 371 g/mol. The average Bonchev–Trinajstić information content (AvgIpc) is 3.34. The normalized spacial score (nSPS) is 16.3. The number of halogens is 1. The molecule has 0 unspecified atom stereocenters. The highest BCUT2D eigenvalue weighted by Gasteiger charge is 2.39. The number of benzene rings is 1. The van der Waals surface area contributed by atoms with Gasteiger partial charge < -0.3 is 10.1 Å². The van der Waals surface area contributed by atoms with Crippen LogP contribution in [0, 0.1) is 0 Å². The van der Waals surface area contributed by atoms with Crippen LogP contribution in [0.15, 0.2) is 42.6 Å². The van der Waals surface area contributed by atoms with Crippen LogP contribution in [0.2, 0.25) is 5.02 Å². The zero-order valence-electron chi connectivity index (χ0n) is 15.3. The molecule has 1 atom stereocenters. The molecule has 1 amide bonds. The van der Waals surface area contributed by atoms with Crippen LogP contribution in [0.1, 0.15) is 44.7 Å². The fraction of sp³-hybridized carbons (Fsp3) is 0.333. The van der Waals surface area contributed by atoms with E-state index in [0.29, 0.717) is 16.7 Å². The van der Waals surface area contributed by atoms with E-state index in [9.17, 15) is 4.79 Å². The molecule has 26 heavy (non-hydrogen) atoms. The van der Waals surface area contributed by atoms with E-state index >= 15 is 0 Å². The van der Waals surface area contributed by atoms with Crippen LogP contribution >= 0.6 is 11.6 Å². The smallest absolute Gasteiger partial charge is 0.219 e. The van der Waals surface area contributed by atoms with Crippen LogP contribution in [-0.2, 0) is 10.2 Å². The van der Waals surface area contributed by atoms with Crippen molar-refractivity contribution in [3.05, 3.63) is 58.8 Å². The highest BCUT2D eigenvalue weighted by atomic mass is 35.5. The largest absolute Gasteiger partial charge is 0.437 e. The Morgan fingerprint density at radius 1 is 1.35 bits per heavy atom. The third-order valence-electron chi connectivity index (χ3n) is 4.61. The predicted molar refractivity (Wildman–Crippen MR) is 105 cm³/mol. The van der Waals surface area contributed by atoms with E-state index < -0.39 is 0 Å². The predicted octanol–water partition coefficient (Wildman–Crippen LogP) is 5.12. The van der Waals surface area contributed by atoms with E-state index in [1.165, 1.54) is 25.3 Å². The van der Waals surface area contributed by atoms with Gasteiger partial charge in [-0.1, -0.05) is 36.7 Å². The Bertz CT molecular complexity index is 826. The van der Waals surface area contributed by atoms with Gasteiger partial charge in [0, 0.05) is 25.2 Å². The van der Waals surface area contributed by atoms with Gasteiger partial charge in [-0.05, 0) is 54.5 Å². The number of hydrogen-bond donors (Lipinski definition) is 1. The van der Waals surface area contributed by atoms with Crippen molar-refractivity contribution in [3.63, 3.8) is 0 Å². The van der Waals surface area contributed by atoms with E-state index in [2.05, 4.69) is 23.3 Å². The van der Waals surface area contributed by atoms with Gasteiger partial charge in [-0.3, -0.25) is 4.79 Å². The molecule has 2 aromatic rings. The molecule has 0 radical (unpaired) electrons. The topological polar surface area (TPSA) is 51.2 Å². The summed E-state index contributed by atoms with van der Waals surface area (Å²) in [5.74, 6) is 1.04. The Morgan fingerprint density at radius 2 is 2.12 bits per heavy atom. The Balaban J connectivity index is 1.64. The lowest BCUT2D eigenvalue weighted by molar-refractivity contribution is -0.119. The Hall–Kier alpha value is -2.33. The van der Waals surface area contributed by atoms with Crippen molar-refractivity contribution in [3.8, 4) is 11.6 Å². The van der Waals surface area contributed by atoms with Gasteiger partial charge >= 0.3 is 0 Å². The van der Waals surface area contributed by atoms with Crippen molar-refractivity contribution >= 4 is 23.6 Å². The molecule has 0 saturated heterocycles. The minimum Gasteiger partial charge on any atom is -0.437 e. The Kier molecular flexibility index (Phi) is 5.33. The lowest BCUT2D eigenvalue weighted by atomic mass is 9.98. The maximum Gasteiger partial charge on any atom is 0.219 e. The maximum absolute atomic E-state index is 11.0. The van der Waals surface area contributed by atoms with E-state index in [0.717, 1.165) is 5.56 Å². The standard InChI is InChI=1S/C21H23ClN2O2/c1-14(24-15(2)25)4-5-16-6-9-20(23-13-16)26-19-8-7-17(12-18(19)22)21(3)10-11-21/h4-9,12-14H,10-11H2,1-3H3,(H,24,25)/b5-4+/t14-/m0/s1. The zero-order chi connectivity index (χ0) is 18.7. The second-order valence-corrected chi connectivity index (χ2v) is 7.49. The zero-order valence-corrected chi connectivity index (χ0v) is 16.0. The van der Waals surface area contributed by atoms with Gasteiger partial charge in [0.15, 0.2) is 0 Å². The molecular weight excluding hydrogens is 348 g/mol. The summed E-state index contributed by atoms with van der Waals surface area (Å²) in [6.45, 7) is 5.66. The third-order valence-corrected chi connectivity index (χ3v) is 4.91. The Morgan fingerprint density at radius 3 is 2.69 bits per heavy atom. The van der Waals surface area contributed by atoms with Gasteiger partial charge in [-0.2, -0.15) is 0 Å². The Labute approximate surface area is 159 Å². The first kappa shape index (κ1) is 18.5. The van der Waals surface area contributed by atoms with Gasteiger partial charge in [0.05, 0.1) is 5.02 Å². The molecule has 0 spiro atoms. The summed E-state index contributed by atoms with van der Waals surface area (Å²) >= 11 is 6.37. The summed E-state index contributed by atoms with van der Waals surface area (Å²) in [6.07, 6.45) is 7.96. The molecule has 4 nitrogen and oxygen atoms in total. The molecule has 3 rings (SSSR count). The van der Waals surface area contributed by atoms with E-state index in [1.54, 1.807) is 12.3 Å². The van der Waals surface area contributed by atoms with Crippen molar-refractivity contribution in [2.45, 2.75) is 45.1 Å². The first-order valence-corrected chi connectivity index (χ1v) is 9.13.